The number of nitrogens with two attached hydrogens (primary N) is 1. The second-order valence-electron chi connectivity index (χ2n) is 3.58. The lowest BCUT2D eigenvalue weighted by Gasteiger charge is -2.13. The van der Waals surface area contributed by atoms with E-state index in [9.17, 15) is 4.39 Å². The van der Waals surface area contributed by atoms with Gasteiger partial charge in [-0.05, 0) is 17.7 Å². The third-order valence-corrected chi connectivity index (χ3v) is 2.67. The molecule has 16 heavy (non-hydrogen) atoms. The van der Waals surface area contributed by atoms with E-state index in [1.54, 1.807) is 6.07 Å². The minimum Gasteiger partial charge on any atom is -0.489 e. The third kappa shape index (κ3) is 2.23. The van der Waals surface area contributed by atoms with Crippen molar-refractivity contribution >= 4 is 11.6 Å². The van der Waals surface area contributed by atoms with E-state index in [1.165, 1.54) is 6.07 Å². The molecule has 1 aliphatic rings. The van der Waals surface area contributed by atoms with Gasteiger partial charge >= 0.3 is 0 Å². The zero-order valence-corrected chi connectivity index (χ0v) is 9.47. The molecule has 0 bridgehead atoms. The van der Waals surface area contributed by atoms with E-state index >= 15 is 0 Å². The van der Waals surface area contributed by atoms with Gasteiger partial charge in [0.15, 0.2) is 11.5 Å². The maximum atomic E-state index is 13.4. The topological polar surface area (TPSA) is 44.5 Å². The number of halogens is 2. The van der Waals surface area contributed by atoms with Crippen molar-refractivity contribution in [1.82, 2.24) is 0 Å². The van der Waals surface area contributed by atoms with Crippen LogP contribution in [0.5, 0.6) is 11.5 Å². The van der Waals surface area contributed by atoms with Gasteiger partial charge in [0.25, 0.3) is 0 Å². The average molecular weight is 246 g/mol. The Morgan fingerprint density at radius 1 is 1.38 bits per heavy atom. The second kappa shape index (κ2) is 4.89. The van der Waals surface area contributed by atoms with Gasteiger partial charge in [0.05, 0.1) is 18.2 Å². The van der Waals surface area contributed by atoms with Gasteiger partial charge in [-0.1, -0.05) is 11.6 Å². The predicted molar refractivity (Wildman–Crippen MR) is 60.0 cm³/mol. The number of rotatable bonds is 2. The molecule has 1 atom stereocenters. The van der Waals surface area contributed by atoms with Crippen molar-refractivity contribution in [2.75, 3.05) is 19.8 Å². The minimum atomic E-state index is -1.23. The second-order valence-corrected chi connectivity index (χ2v) is 3.99. The van der Waals surface area contributed by atoms with Crippen LogP contribution in [0.15, 0.2) is 12.1 Å². The number of fused-ring (bicyclic) bond motifs is 1. The van der Waals surface area contributed by atoms with Crippen molar-refractivity contribution in [2.45, 2.75) is 12.6 Å². The largest absolute Gasteiger partial charge is 0.489 e. The average Bonchev–Trinajstić information content (AvgIpc) is 2.53. The van der Waals surface area contributed by atoms with Crippen molar-refractivity contribution < 1.29 is 13.9 Å². The van der Waals surface area contributed by atoms with Crippen LogP contribution in [0.3, 0.4) is 0 Å². The van der Waals surface area contributed by atoms with E-state index in [1.807, 2.05) is 0 Å². The van der Waals surface area contributed by atoms with E-state index < -0.39 is 6.17 Å². The van der Waals surface area contributed by atoms with Gasteiger partial charge in [-0.15, -0.1) is 0 Å². The van der Waals surface area contributed by atoms with Crippen LogP contribution in [-0.4, -0.2) is 19.8 Å². The first-order valence-electron chi connectivity index (χ1n) is 5.15. The summed E-state index contributed by atoms with van der Waals surface area (Å²) < 4.78 is 24.3. The van der Waals surface area contributed by atoms with E-state index in [0.717, 1.165) is 6.42 Å². The van der Waals surface area contributed by atoms with Crippen molar-refractivity contribution in [1.29, 1.82) is 0 Å². The van der Waals surface area contributed by atoms with Crippen LogP contribution in [0.2, 0.25) is 5.02 Å². The summed E-state index contributed by atoms with van der Waals surface area (Å²) in [5.41, 5.74) is 5.70. The van der Waals surface area contributed by atoms with Gasteiger partial charge in [-0.3, -0.25) is 0 Å². The number of alkyl halides is 1. The Bertz CT molecular complexity index is 386. The molecule has 0 saturated heterocycles. The predicted octanol–water partition coefficient (Wildman–Crippen LogP) is 2.47. The van der Waals surface area contributed by atoms with Gasteiger partial charge in [-0.2, -0.15) is 0 Å². The molecule has 2 N–H and O–H groups in total. The molecule has 0 spiro atoms. The molecule has 1 heterocycles. The van der Waals surface area contributed by atoms with Crippen LogP contribution < -0.4 is 15.2 Å². The number of hydrogen-bond acceptors (Lipinski definition) is 3. The molecule has 88 valence electrons. The highest BCUT2D eigenvalue weighted by Crippen LogP contribution is 2.39. The summed E-state index contributed by atoms with van der Waals surface area (Å²) in [5, 5.41) is 0.366. The van der Waals surface area contributed by atoms with Crippen LogP contribution in [-0.2, 0) is 0 Å². The standard InChI is InChI=1S/C11H13ClFNO2/c12-8-4-7(9(13)6-14)5-10-11(8)16-3-1-2-15-10/h4-5,9H,1-3,6,14H2. The Kier molecular flexibility index (Phi) is 3.51. The minimum absolute atomic E-state index is 0.0734. The molecular formula is C11H13ClFNO2. The SMILES string of the molecule is NCC(F)c1cc(Cl)c2c(c1)OCCCO2. The molecular weight excluding hydrogens is 233 g/mol. The maximum absolute atomic E-state index is 13.4. The number of benzene rings is 1. The molecule has 1 aliphatic heterocycles. The molecule has 1 unspecified atom stereocenters. The Labute approximate surface area is 98.3 Å². The molecule has 0 radical (unpaired) electrons. The van der Waals surface area contributed by atoms with Gasteiger partial charge in [0.1, 0.15) is 6.17 Å². The molecule has 0 aliphatic carbocycles. The molecule has 0 fully saturated rings. The summed E-state index contributed by atoms with van der Waals surface area (Å²) in [5.74, 6) is 0.989. The summed E-state index contributed by atoms with van der Waals surface area (Å²) in [6.45, 7) is 1.03. The smallest absolute Gasteiger partial charge is 0.179 e. The molecule has 3 nitrogen and oxygen atoms in total. The van der Waals surface area contributed by atoms with Gasteiger partial charge in [0, 0.05) is 13.0 Å². The van der Waals surface area contributed by atoms with Crippen molar-refractivity contribution in [3.63, 3.8) is 0 Å². The highest BCUT2D eigenvalue weighted by atomic mass is 35.5. The molecule has 1 aromatic rings. The van der Waals surface area contributed by atoms with Crippen LogP contribution >= 0.6 is 11.6 Å². The maximum Gasteiger partial charge on any atom is 0.179 e. The monoisotopic (exact) mass is 245 g/mol. The van der Waals surface area contributed by atoms with E-state index in [4.69, 9.17) is 26.8 Å². The zero-order chi connectivity index (χ0) is 11.5. The highest BCUT2D eigenvalue weighted by molar-refractivity contribution is 6.32. The lowest BCUT2D eigenvalue weighted by molar-refractivity contribution is 0.296. The summed E-state index contributed by atoms with van der Waals surface area (Å²) >= 11 is 6.01. The first-order chi connectivity index (χ1) is 7.72. The fraction of sp³-hybridized carbons (Fsp3) is 0.455. The number of hydrogen-bond donors (Lipinski definition) is 1. The van der Waals surface area contributed by atoms with Gasteiger partial charge in [-0.25, -0.2) is 4.39 Å². The van der Waals surface area contributed by atoms with E-state index in [2.05, 4.69) is 0 Å². The fourth-order valence-corrected chi connectivity index (χ4v) is 1.84. The Balaban J connectivity index is 2.39. The summed E-state index contributed by atoms with van der Waals surface area (Å²) in [6.07, 6.45) is -0.439. The zero-order valence-electron chi connectivity index (χ0n) is 8.71. The first kappa shape index (κ1) is 11.5. The summed E-state index contributed by atoms with van der Waals surface area (Å²) in [4.78, 5) is 0. The molecule has 1 aromatic carbocycles. The lowest BCUT2D eigenvalue weighted by atomic mass is 10.1. The Morgan fingerprint density at radius 3 is 2.88 bits per heavy atom. The van der Waals surface area contributed by atoms with Gasteiger partial charge < -0.3 is 15.2 Å². The van der Waals surface area contributed by atoms with Gasteiger partial charge in [0.2, 0.25) is 0 Å². The third-order valence-electron chi connectivity index (χ3n) is 2.39. The van der Waals surface area contributed by atoms with Crippen molar-refractivity contribution in [3.8, 4) is 11.5 Å². The fourth-order valence-electron chi connectivity index (χ4n) is 1.57. The summed E-state index contributed by atoms with van der Waals surface area (Å²) in [7, 11) is 0. The van der Waals surface area contributed by atoms with Crippen LogP contribution in [0, 0.1) is 0 Å². The normalized spacial score (nSPS) is 16.7. The molecule has 2 rings (SSSR count). The Hall–Kier alpha value is -1.00. The Morgan fingerprint density at radius 2 is 2.12 bits per heavy atom. The van der Waals surface area contributed by atoms with Crippen LogP contribution in [0.4, 0.5) is 4.39 Å². The summed E-state index contributed by atoms with van der Waals surface area (Å²) in [6, 6.07) is 3.14. The lowest BCUT2D eigenvalue weighted by Crippen LogP contribution is -2.08. The molecule has 0 aromatic heterocycles. The van der Waals surface area contributed by atoms with Crippen LogP contribution in [0.25, 0.3) is 0 Å². The number of ether oxygens (including phenoxy) is 2. The van der Waals surface area contributed by atoms with Crippen molar-refractivity contribution in [2.24, 2.45) is 5.73 Å². The molecule has 0 saturated carbocycles. The first-order valence-corrected chi connectivity index (χ1v) is 5.53. The van der Waals surface area contributed by atoms with Crippen molar-refractivity contribution in [3.05, 3.63) is 22.7 Å². The quantitative estimate of drug-likeness (QED) is 0.871. The van der Waals surface area contributed by atoms with E-state index in [0.29, 0.717) is 35.3 Å². The molecule has 5 heteroatoms. The molecule has 0 amide bonds. The van der Waals surface area contributed by atoms with Crippen LogP contribution in [0.1, 0.15) is 18.2 Å². The highest BCUT2D eigenvalue weighted by Gasteiger charge is 2.18. The van der Waals surface area contributed by atoms with E-state index in [-0.39, 0.29) is 6.54 Å².